The van der Waals surface area contributed by atoms with Gasteiger partial charge >= 0.3 is 5.97 Å². The van der Waals surface area contributed by atoms with Gasteiger partial charge in [0, 0.05) is 17.7 Å². The molecule has 0 saturated heterocycles. The number of carbonyl (C=O) groups is 1. The average molecular weight is 306 g/mol. The molecule has 0 amide bonds. The number of esters is 1. The minimum atomic E-state index is -0.401. The second-order valence-corrected chi connectivity index (χ2v) is 5.17. The molecular formula is C19H18N2O2. The lowest BCUT2D eigenvalue weighted by Crippen LogP contribution is -2.06. The molecule has 0 aliphatic rings. The molecule has 0 aliphatic carbocycles. The first-order valence-electron chi connectivity index (χ1n) is 7.63. The van der Waals surface area contributed by atoms with Crippen LogP contribution < -0.4 is 0 Å². The predicted molar refractivity (Wildman–Crippen MR) is 89.2 cm³/mol. The second kappa shape index (κ2) is 6.92. The van der Waals surface area contributed by atoms with Crippen molar-refractivity contribution in [2.24, 2.45) is 0 Å². The zero-order valence-corrected chi connectivity index (χ0v) is 13.0. The van der Waals surface area contributed by atoms with Crippen LogP contribution in [-0.2, 0) is 11.2 Å². The van der Waals surface area contributed by atoms with Gasteiger partial charge in [0.15, 0.2) is 5.69 Å². The monoisotopic (exact) mass is 306 g/mol. The van der Waals surface area contributed by atoms with Gasteiger partial charge in [-0.3, -0.25) is 5.10 Å². The topological polar surface area (TPSA) is 55.0 Å². The smallest absolute Gasteiger partial charge is 0.359 e. The van der Waals surface area contributed by atoms with E-state index in [4.69, 9.17) is 4.74 Å². The maximum absolute atomic E-state index is 12.2. The minimum Gasteiger partial charge on any atom is -0.461 e. The van der Waals surface area contributed by atoms with E-state index < -0.39 is 5.97 Å². The molecule has 23 heavy (non-hydrogen) atoms. The van der Waals surface area contributed by atoms with Crippen molar-refractivity contribution in [3.05, 3.63) is 77.6 Å². The van der Waals surface area contributed by atoms with Crippen LogP contribution in [0.4, 0.5) is 0 Å². The van der Waals surface area contributed by atoms with E-state index in [1.807, 2.05) is 48.5 Å². The number of hydrogen-bond acceptors (Lipinski definition) is 3. The van der Waals surface area contributed by atoms with Gasteiger partial charge in [-0.2, -0.15) is 5.10 Å². The highest BCUT2D eigenvalue weighted by Gasteiger charge is 2.21. The van der Waals surface area contributed by atoms with Crippen LogP contribution in [0.5, 0.6) is 0 Å². The molecule has 0 atom stereocenters. The first kappa shape index (κ1) is 15.0. The number of aromatic nitrogens is 2. The summed E-state index contributed by atoms with van der Waals surface area (Å²) in [5.41, 5.74) is 4.17. The lowest BCUT2D eigenvalue weighted by molar-refractivity contribution is 0.0520. The highest BCUT2D eigenvalue weighted by Crippen LogP contribution is 2.28. The van der Waals surface area contributed by atoms with Gasteiger partial charge in [-0.05, 0) is 18.1 Å². The summed E-state index contributed by atoms with van der Waals surface area (Å²) in [5.74, 6) is -0.401. The van der Waals surface area contributed by atoms with Gasteiger partial charge in [-0.15, -0.1) is 0 Å². The summed E-state index contributed by atoms with van der Waals surface area (Å²) in [6.07, 6.45) is 0.678. The third-order valence-corrected chi connectivity index (χ3v) is 3.60. The van der Waals surface area contributed by atoms with E-state index in [2.05, 4.69) is 22.3 Å². The third-order valence-electron chi connectivity index (χ3n) is 3.60. The summed E-state index contributed by atoms with van der Waals surface area (Å²) in [6.45, 7) is 2.12. The van der Waals surface area contributed by atoms with E-state index in [0.717, 1.165) is 22.4 Å². The molecule has 0 aliphatic heterocycles. The van der Waals surface area contributed by atoms with Crippen LogP contribution in [-0.4, -0.2) is 22.8 Å². The Morgan fingerprint density at radius 3 is 2.35 bits per heavy atom. The van der Waals surface area contributed by atoms with Gasteiger partial charge in [0.05, 0.1) is 6.61 Å². The molecule has 116 valence electrons. The van der Waals surface area contributed by atoms with E-state index in [1.54, 1.807) is 6.92 Å². The van der Waals surface area contributed by atoms with Crippen LogP contribution in [0.15, 0.2) is 60.7 Å². The molecule has 1 heterocycles. The highest BCUT2D eigenvalue weighted by atomic mass is 16.5. The molecule has 0 unspecified atom stereocenters. The molecule has 2 aromatic carbocycles. The van der Waals surface area contributed by atoms with Gasteiger partial charge in [0.2, 0.25) is 0 Å². The molecule has 1 N–H and O–H groups in total. The fraction of sp³-hybridized carbons (Fsp3) is 0.158. The summed E-state index contributed by atoms with van der Waals surface area (Å²) >= 11 is 0. The van der Waals surface area contributed by atoms with Crippen molar-refractivity contribution >= 4 is 5.97 Å². The Morgan fingerprint density at radius 2 is 1.70 bits per heavy atom. The number of aromatic amines is 1. The van der Waals surface area contributed by atoms with Crippen LogP contribution in [0.3, 0.4) is 0 Å². The van der Waals surface area contributed by atoms with Crippen LogP contribution in [0.1, 0.15) is 28.7 Å². The van der Waals surface area contributed by atoms with Crippen molar-refractivity contribution in [3.63, 3.8) is 0 Å². The van der Waals surface area contributed by atoms with Crippen LogP contribution in [0.25, 0.3) is 11.1 Å². The number of hydrogen-bond donors (Lipinski definition) is 1. The second-order valence-electron chi connectivity index (χ2n) is 5.17. The van der Waals surface area contributed by atoms with Crippen LogP contribution >= 0.6 is 0 Å². The molecule has 0 spiro atoms. The van der Waals surface area contributed by atoms with Crippen molar-refractivity contribution in [1.82, 2.24) is 10.2 Å². The number of H-pyrrole nitrogens is 1. The van der Waals surface area contributed by atoms with Crippen LogP contribution in [0.2, 0.25) is 0 Å². The molecule has 3 rings (SSSR count). The molecule has 0 saturated carbocycles. The van der Waals surface area contributed by atoms with Crippen molar-refractivity contribution < 1.29 is 9.53 Å². The molecule has 3 aromatic rings. The third kappa shape index (κ3) is 3.31. The van der Waals surface area contributed by atoms with Crippen molar-refractivity contribution in [2.75, 3.05) is 6.61 Å². The SMILES string of the molecule is CCOC(=O)c1n[nH]c(Cc2ccccc2)c1-c1ccccc1. The number of benzene rings is 2. The zero-order valence-electron chi connectivity index (χ0n) is 13.0. The Labute approximate surface area is 135 Å². The number of nitrogens with one attached hydrogen (secondary N) is 1. The molecule has 0 bridgehead atoms. The summed E-state index contributed by atoms with van der Waals surface area (Å²) in [6, 6.07) is 19.9. The fourth-order valence-electron chi connectivity index (χ4n) is 2.57. The fourth-order valence-corrected chi connectivity index (χ4v) is 2.57. The maximum atomic E-state index is 12.2. The van der Waals surface area contributed by atoms with E-state index in [0.29, 0.717) is 18.7 Å². The predicted octanol–water partition coefficient (Wildman–Crippen LogP) is 3.84. The Hall–Kier alpha value is -2.88. The molecule has 4 nitrogen and oxygen atoms in total. The number of nitrogens with zero attached hydrogens (tertiary/aromatic N) is 1. The Bertz CT molecular complexity index is 780. The maximum Gasteiger partial charge on any atom is 0.359 e. The Balaban J connectivity index is 2.04. The van der Waals surface area contributed by atoms with Crippen molar-refractivity contribution in [3.8, 4) is 11.1 Å². The summed E-state index contributed by atoms with van der Waals surface area (Å²) in [5, 5.41) is 7.22. The van der Waals surface area contributed by atoms with E-state index in [9.17, 15) is 4.79 Å². The number of carbonyl (C=O) groups excluding carboxylic acids is 1. The normalized spacial score (nSPS) is 10.5. The Kier molecular flexibility index (Phi) is 4.52. The molecule has 0 fully saturated rings. The summed E-state index contributed by atoms with van der Waals surface area (Å²) in [4.78, 5) is 12.2. The quantitative estimate of drug-likeness (QED) is 0.729. The first-order valence-corrected chi connectivity index (χ1v) is 7.63. The largest absolute Gasteiger partial charge is 0.461 e. The van der Waals surface area contributed by atoms with Gasteiger partial charge in [0.25, 0.3) is 0 Å². The van der Waals surface area contributed by atoms with E-state index in [-0.39, 0.29) is 0 Å². The highest BCUT2D eigenvalue weighted by molar-refractivity contribution is 5.96. The van der Waals surface area contributed by atoms with E-state index in [1.165, 1.54) is 0 Å². The molecule has 0 radical (unpaired) electrons. The van der Waals surface area contributed by atoms with Gasteiger partial charge in [-0.1, -0.05) is 60.7 Å². The summed E-state index contributed by atoms with van der Waals surface area (Å²) in [7, 11) is 0. The number of rotatable bonds is 5. The lowest BCUT2D eigenvalue weighted by atomic mass is 9.99. The standard InChI is InChI=1S/C19H18N2O2/c1-2-23-19(22)18-17(15-11-7-4-8-12-15)16(20-21-18)13-14-9-5-3-6-10-14/h3-12H,2,13H2,1H3,(H,20,21). The van der Waals surface area contributed by atoms with Gasteiger partial charge in [-0.25, -0.2) is 4.79 Å². The molecule has 1 aromatic heterocycles. The Morgan fingerprint density at radius 1 is 1.04 bits per heavy atom. The van der Waals surface area contributed by atoms with E-state index >= 15 is 0 Å². The number of ether oxygens (including phenoxy) is 1. The zero-order chi connectivity index (χ0) is 16.1. The van der Waals surface area contributed by atoms with Crippen molar-refractivity contribution in [1.29, 1.82) is 0 Å². The van der Waals surface area contributed by atoms with Crippen molar-refractivity contribution in [2.45, 2.75) is 13.3 Å². The molecule has 4 heteroatoms. The summed E-state index contributed by atoms with van der Waals surface area (Å²) < 4.78 is 5.13. The van der Waals surface area contributed by atoms with Gasteiger partial charge in [0.1, 0.15) is 0 Å². The minimum absolute atomic E-state index is 0.327. The van der Waals surface area contributed by atoms with Crippen LogP contribution in [0, 0.1) is 0 Å². The molecular weight excluding hydrogens is 288 g/mol. The average Bonchev–Trinajstić information content (AvgIpc) is 3.00. The first-order chi connectivity index (χ1) is 11.3. The van der Waals surface area contributed by atoms with Gasteiger partial charge < -0.3 is 4.74 Å². The lowest BCUT2D eigenvalue weighted by Gasteiger charge is -2.06.